The normalized spacial score (nSPS) is 14.4. The number of ether oxygens (including phenoxy) is 2. The molecule has 0 saturated carbocycles. The van der Waals surface area contributed by atoms with Gasteiger partial charge in [-0.2, -0.15) is 10.2 Å². The van der Waals surface area contributed by atoms with Gasteiger partial charge in [0.1, 0.15) is 5.75 Å². The topological polar surface area (TPSA) is 61.3 Å². The van der Waals surface area contributed by atoms with Crippen LogP contribution in [0.4, 0.5) is 0 Å². The van der Waals surface area contributed by atoms with Crippen LogP contribution in [0.3, 0.4) is 0 Å². The average Bonchev–Trinajstić information content (AvgIpc) is 2.60. The molecule has 1 aliphatic heterocycles. The lowest BCUT2D eigenvalue weighted by Gasteiger charge is -2.33. The van der Waals surface area contributed by atoms with Gasteiger partial charge in [0.2, 0.25) is 0 Å². The Bertz CT molecular complexity index is 923. The average molecular weight is 364 g/mol. The molecular formula is C22H24N2O3. The van der Waals surface area contributed by atoms with Crippen molar-refractivity contribution >= 4 is 5.97 Å². The van der Waals surface area contributed by atoms with Gasteiger partial charge in [0.05, 0.1) is 31.5 Å². The van der Waals surface area contributed by atoms with Gasteiger partial charge in [-0.05, 0) is 49.4 Å². The summed E-state index contributed by atoms with van der Waals surface area (Å²) in [5.74, 6) is 7.01. The van der Waals surface area contributed by atoms with E-state index in [4.69, 9.17) is 9.47 Å². The molecule has 0 radical (unpaired) electrons. The van der Waals surface area contributed by atoms with Crippen LogP contribution in [0.25, 0.3) is 0 Å². The number of hydrogen-bond acceptors (Lipinski definition) is 5. The molecule has 0 aliphatic carbocycles. The van der Waals surface area contributed by atoms with Gasteiger partial charge in [-0.1, -0.05) is 25.7 Å². The Morgan fingerprint density at radius 2 is 2.11 bits per heavy atom. The molecule has 2 aromatic rings. The smallest absolute Gasteiger partial charge is 0.311 e. The highest BCUT2D eigenvalue weighted by molar-refractivity contribution is 5.72. The monoisotopic (exact) mass is 364 g/mol. The van der Waals surface area contributed by atoms with Crippen LogP contribution in [0.2, 0.25) is 0 Å². The van der Waals surface area contributed by atoms with E-state index in [2.05, 4.69) is 48.0 Å². The molecule has 5 nitrogen and oxygen atoms in total. The van der Waals surface area contributed by atoms with E-state index in [-0.39, 0.29) is 17.8 Å². The Hall–Kier alpha value is -2.87. The van der Waals surface area contributed by atoms with Crippen LogP contribution in [0, 0.1) is 18.8 Å². The number of nitrogens with zero attached hydrogens (tertiary/aromatic N) is 2. The van der Waals surface area contributed by atoms with Gasteiger partial charge in [-0.15, -0.1) is 0 Å². The van der Waals surface area contributed by atoms with E-state index in [0.717, 1.165) is 35.5 Å². The molecule has 0 atom stereocenters. The Morgan fingerprint density at radius 1 is 1.30 bits per heavy atom. The van der Waals surface area contributed by atoms with Gasteiger partial charge < -0.3 is 9.47 Å². The van der Waals surface area contributed by atoms with Gasteiger partial charge in [0.15, 0.2) is 0 Å². The van der Waals surface area contributed by atoms with Crippen molar-refractivity contribution in [2.45, 2.75) is 46.0 Å². The number of esters is 1. The first kappa shape index (κ1) is 18.9. The Morgan fingerprint density at radius 3 is 2.89 bits per heavy atom. The van der Waals surface area contributed by atoms with E-state index in [1.165, 1.54) is 5.56 Å². The molecule has 2 heterocycles. The lowest BCUT2D eigenvalue weighted by Crippen LogP contribution is -2.26. The van der Waals surface area contributed by atoms with E-state index in [1.807, 2.05) is 6.92 Å². The Balaban J connectivity index is 1.87. The van der Waals surface area contributed by atoms with Crippen molar-refractivity contribution in [3.05, 3.63) is 52.3 Å². The van der Waals surface area contributed by atoms with E-state index < -0.39 is 0 Å². The van der Waals surface area contributed by atoms with Crippen molar-refractivity contribution in [1.82, 2.24) is 10.2 Å². The number of hydrogen-bond donors (Lipinski definition) is 0. The first-order valence-corrected chi connectivity index (χ1v) is 9.16. The van der Waals surface area contributed by atoms with Gasteiger partial charge in [0.25, 0.3) is 0 Å². The minimum Gasteiger partial charge on any atom is -0.493 e. The maximum Gasteiger partial charge on any atom is 0.311 e. The summed E-state index contributed by atoms with van der Waals surface area (Å²) in [6.07, 6.45) is 2.68. The minimum atomic E-state index is -0.315. The lowest BCUT2D eigenvalue weighted by atomic mass is 9.78. The molecule has 0 spiro atoms. The second kappa shape index (κ2) is 7.79. The summed E-state index contributed by atoms with van der Waals surface area (Å²) < 4.78 is 10.8. The minimum absolute atomic E-state index is 0.0722. The van der Waals surface area contributed by atoms with Gasteiger partial charge in [0, 0.05) is 16.7 Å². The summed E-state index contributed by atoms with van der Waals surface area (Å²) in [6, 6.07) is 5.97. The number of aryl methyl sites for hydroxylation is 1. The number of carbonyl (C=O) groups is 1. The summed E-state index contributed by atoms with van der Waals surface area (Å²) in [5.41, 5.74) is 4.58. The van der Waals surface area contributed by atoms with Crippen LogP contribution in [0.5, 0.6) is 5.75 Å². The van der Waals surface area contributed by atoms with Crippen molar-refractivity contribution in [1.29, 1.82) is 0 Å². The third kappa shape index (κ3) is 4.46. The molecule has 0 N–H and O–H groups in total. The number of rotatable bonds is 3. The third-order valence-electron chi connectivity index (χ3n) is 4.72. The maximum absolute atomic E-state index is 11.6. The highest BCUT2D eigenvalue weighted by Crippen LogP contribution is 2.39. The van der Waals surface area contributed by atoms with Gasteiger partial charge in [-0.25, -0.2) is 0 Å². The molecular weight excluding hydrogens is 340 g/mol. The predicted octanol–water partition coefficient (Wildman–Crippen LogP) is 3.35. The number of aromatic nitrogens is 2. The molecule has 0 saturated heterocycles. The van der Waals surface area contributed by atoms with Crippen LogP contribution in [-0.4, -0.2) is 29.4 Å². The fraction of sp³-hybridized carbons (Fsp3) is 0.409. The molecule has 1 aromatic carbocycles. The van der Waals surface area contributed by atoms with Crippen LogP contribution >= 0.6 is 0 Å². The lowest BCUT2D eigenvalue weighted by molar-refractivity contribution is -0.142. The zero-order valence-corrected chi connectivity index (χ0v) is 16.3. The van der Waals surface area contributed by atoms with Crippen LogP contribution < -0.4 is 4.74 Å². The summed E-state index contributed by atoms with van der Waals surface area (Å²) in [4.78, 5) is 11.6. The summed E-state index contributed by atoms with van der Waals surface area (Å²) >= 11 is 0. The van der Waals surface area contributed by atoms with Gasteiger partial charge >= 0.3 is 5.97 Å². The second-order valence-corrected chi connectivity index (χ2v) is 7.31. The Kier molecular flexibility index (Phi) is 5.46. The van der Waals surface area contributed by atoms with Crippen molar-refractivity contribution in [2.75, 3.05) is 13.2 Å². The fourth-order valence-electron chi connectivity index (χ4n) is 3.08. The molecule has 0 fully saturated rings. The molecule has 140 valence electrons. The quantitative estimate of drug-likeness (QED) is 0.617. The molecule has 0 unspecified atom stereocenters. The van der Waals surface area contributed by atoms with Crippen molar-refractivity contribution < 1.29 is 14.3 Å². The molecule has 3 rings (SSSR count). The standard InChI is InChI=1S/C22H24N2O3/c1-5-26-21(25)13-18-11-16(14-23-24-18)6-7-17-12-19-20(10-15(17)2)27-9-8-22(19,3)4/h10-12,14H,5,8-9,13H2,1-4H3. The van der Waals surface area contributed by atoms with E-state index in [0.29, 0.717) is 12.3 Å². The number of fused-ring (bicyclic) bond motifs is 1. The van der Waals surface area contributed by atoms with Crippen molar-refractivity contribution in [2.24, 2.45) is 0 Å². The fourth-order valence-corrected chi connectivity index (χ4v) is 3.08. The maximum atomic E-state index is 11.6. The largest absolute Gasteiger partial charge is 0.493 e. The van der Waals surface area contributed by atoms with Crippen molar-refractivity contribution in [3.63, 3.8) is 0 Å². The third-order valence-corrected chi connectivity index (χ3v) is 4.72. The molecule has 1 aromatic heterocycles. The summed E-state index contributed by atoms with van der Waals surface area (Å²) in [7, 11) is 0. The predicted molar refractivity (Wildman–Crippen MR) is 103 cm³/mol. The molecule has 0 bridgehead atoms. The Labute approximate surface area is 160 Å². The highest BCUT2D eigenvalue weighted by atomic mass is 16.5. The van der Waals surface area contributed by atoms with Crippen LogP contribution in [0.15, 0.2) is 24.4 Å². The zero-order chi connectivity index (χ0) is 19.4. The first-order valence-electron chi connectivity index (χ1n) is 9.16. The number of carbonyl (C=O) groups excluding carboxylic acids is 1. The summed E-state index contributed by atoms with van der Waals surface area (Å²) in [6.45, 7) is 9.37. The highest BCUT2D eigenvalue weighted by Gasteiger charge is 2.29. The molecule has 27 heavy (non-hydrogen) atoms. The molecule has 5 heteroatoms. The molecule has 1 aliphatic rings. The van der Waals surface area contributed by atoms with Crippen LogP contribution in [-0.2, 0) is 21.4 Å². The second-order valence-electron chi connectivity index (χ2n) is 7.31. The van der Waals surface area contributed by atoms with E-state index >= 15 is 0 Å². The van der Waals surface area contributed by atoms with Crippen molar-refractivity contribution in [3.8, 4) is 17.6 Å². The van der Waals surface area contributed by atoms with Crippen LogP contribution in [0.1, 0.15) is 55.1 Å². The first-order chi connectivity index (χ1) is 12.9. The van der Waals surface area contributed by atoms with E-state index in [9.17, 15) is 4.79 Å². The van der Waals surface area contributed by atoms with E-state index in [1.54, 1.807) is 19.2 Å². The molecule has 0 amide bonds. The number of benzene rings is 1. The SMILES string of the molecule is CCOC(=O)Cc1cc(C#Cc2cc3c(cc2C)OCCC3(C)C)cnn1. The summed E-state index contributed by atoms with van der Waals surface area (Å²) in [5, 5.41) is 7.92. The zero-order valence-electron chi connectivity index (χ0n) is 16.3. The van der Waals surface area contributed by atoms with Gasteiger partial charge in [-0.3, -0.25) is 4.79 Å².